The summed E-state index contributed by atoms with van der Waals surface area (Å²) in [6.45, 7) is 7.77. The summed E-state index contributed by atoms with van der Waals surface area (Å²) in [7, 11) is -4.78. The summed E-state index contributed by atoms with van der Waals surface area (Å²) >= 11 is 0. The summed E-state index contributed by atoms with van der Waals surface area (Å²) in [6.07, 6.45) is 4.56. The average Bonchev–Trinajstić information content (AvgIpc) is 3.63. The Morgan fingerprint density at radius 2 is 1.60 bits per heavy atom. The van der Waals surface area contributed by atoms with E-state index in [1.54, 1.807) is 36.5 Å². The topological polar surface area (TPSA) is 122 Å². The molecule has 0 saturated carbocycles. The van der Waals surface area contributed by atoms with Crippen LogP contribution in [0.5, 0.6) is 0 Å². The first-order chi connectivity index (χ1) is 25.1. The number of rotatable bonds is 9. The van der Waals surface area contributed by atoms with E-state index in [2.05, 4.69) is 10.3 Å². The molecule has 1 N–H and O–H groups in total. The van der Waals surface area contributed by atoms with Crippen LogP contribution in [0.15, 0.2) is 119 Å². The molecule has 10 nitrogen and oxygen atoms in total. The monoisotopic (exact) mass is 736 g/mol. The first kappa shape index (κ1) is 35.9. The molecule has 1 fully saturated rings. The van der Waals surface area contributed by atoms with Crippen LogP contribution in [0.1, 0.15) is 49.2 Å². The Kier molecular flexibility index (Phi) is 9.17. The van der Waals surface area contributed by atoms with Crippen molar-refractivity contribution in [3.8, 4) is 11.1 Å². The van der Waals surface area contributed by atoms with Crippen LogP contribution in [0.2, 0.25) is 0 Å². The Morgan fingerprint density at radius 1 is 0.868 bits per heavy atom. The predicted octanol–water partition coefficient (Wildman–Crippen LogP) is 5.66. The third-order valence-electron chi connectivity index (χ3n) is 9.75. The third-order valence-corrected chi connectivity index (χ3v) is 11.4. The van der Waals surface area contributed by atoms with Gasteiger partial charge < -0.3 is 19.2 Å². The molecule has 53 heavy (non-hydrogen) atoms. The van der Waals surface area contributed by atoms with E-state index in [4.69, 9.17) is 9.31 Å². The fourth-order valence-electron chi connectivity index (χ4n) is 6.12. The van der Waals surface area contributed by atoms with E-state index in [0.717, 1.165) is 16.1 Å². The Morgan fingerprint density at radius 3 is 2.32 bits per heavy atom. The van der Waals surface area contributed by atoms with Crippen molar-refractivity contribution in [3.05, 3.63) is 148 Å². The maximum atomic E-state index is 13.9. The number of hydrogen-bond acceptors (Lipinski definition) is 7. The molecule has 1 aliphatic heterocycles. The minimum absolute atomic E-state index is 0.0442. The SMILES string of the molecule is CC1(C)OB(c2cnc3c(c2)c(-c2cccc(CNC(=O)c4cccn(Cc5ccc(F)c(F)c5)c4=O)c2)cn3S(=O)(=O)c2ccccc2)OC1(C)C. The van der Waals surface area contributed by atoms with Crippen LogP contribution in [-0.4, -0.2) is 46.2 Å². The quantitative estimate of drug-likeness (QED) is 0.190. The molecule has 0 radical (unpaired) electrons. The Labute approximate surface area is 305 Å². The van der Waals surface area contributed by atoms with E-state index in [0.29, 0.717) is 33.1 Å². The normalized spacial score (nSPS) is 15.2. The highest BCUT2D eigenvalue weighted by molar-refractivity contribution is 7.90. The highest BCUT2D eigenvalue weighted by atomic mass is 32.2. The van der Waals surface area contributed by atoms with Crippen LogP contribution < -0.4 is 16.3 Å². The van der Waals surface area contributed by atoms with Crippen LogP contribution >= 0.6 is 0 Å². The van der Waals surface area contributed by atoms with E-state index < -0.39 is 51.4 Å². The molecule has 0 unspecified atom stereocenters. The van der Waals surface area contributed by atoms with Crippen molar-refractivity contribution >= 4 is 39.5 Å². The van der Waals surface area contributed by atoms with Gasteiger partial charge in [-0.1, -0.05) is 42.5 Å². The summed E-state index contributed by atoms with van der Waals surface area (Å²) in [5.41, 5.74) is 1.17. The Balaban J connectivity index is 1.20. The molecule has 3 aromatic carbocycles. The maximum Gasteiger partial charge on any atom is 0.496 e. The molecule has 14 heteroatoms. The number of nitrogens with zero attached hydrogens (tertiary/aromatic N) is 3. The molecule has 6 aromatic rings. The average molecular weight is 737 g/mol. The molecule has 1 saturated heterocycles. The molecular formula is C39H35BF2N4O6S. The zero-order valence-corrected chi connectivity index (χ0v) is 30.2. The van der Waals surface area contributed by atoms with Gasteiger partial charge in [-0.3, -0.25) is 9.59 Å². The van der Waals surface area contributed by atoms with Gasteiger partial charge in [-0.25, -0.2) is 26.2 Å². The maximum absolute atomic E-state index is 13.9. The number of benzene rings is 3. The molecule has 0 atom stereocenters. The second kappa shape index (κ2) is 13.5. The van der Waals surface area contributed by atoms with Gasteiger partial charge in [0, 0.05) is 41.5 Å². The number of hydrogen-bond donors (Lipinski definition) is 1. The number of nitrogens with one attached hydrogen (secondary N) is 1. The van der Waals surface area contributed by atoms with Gasteiger partial charge in [0.1, 0.15) is 5.56 Å². The summed E-state index contributed by atoms with van der Waals surface area (Å²) in [5.74, 6) is -2.65. The highest BCUT2D eigenvalue weighted by Gasteiger charge is 2.52. The van der Waals surface area contributed by atoms with Gasteiger partial charge in [0.15, 0.2) is 17.3 Å². The minimum Gasteiger partial charge on any atom is -0.399 e. The smallest absolute Gasteiger partial charge is 0.399 e. The van der Waals surface area contributed by atoms with Gasteiger partial charge in [0.25, 0.3) is 21.5 Å². The lowest BCUT2D eigenvalue weighted by Crippen LogP contribution is -2.41. The second-order valence-corrected chi connectivity index (χ2v) is 15.7. The zero-order valence-electron chi connectivity index (χ0n) is 29.3. The third kappa shape index (κ3) is 6.81. The van der Waals surface area contributed by atoms with Crippen molar-refractivity contribution in [1.82, 2.24) is 18.8 Å². The molecule has 1 aliphatic rings. The summed E-state index contributed by atoms with van der Waals surface area (Å²) in [5, 5.41) is 3.33. The minimum atomic E-state index is -4.05. The molecular weight excluding hydrogens is 701 g/mol. The van der Waals surface area contributed by atoms with Gasteiger partial charge in [-0.2, -0.15) is 0 Å². The van der Waals surface area contributed by atoms with Crippen LogP contribution in [-0.2, 0) is 32.4 Å². The Bertz CT molecular complexity index is 2540. The van der Waals surface area contributed by atoms with Crippen LogP contribution in [0, 0.1) is 11.6 Å². The van der Waals surface area contributed by atoms with E-state index in [1.165, 1.54) is 47.3 Å². The number of pyridine rings is 2. The predicted molar refractivity (Wildman–Crippen MR) is 197 cm³/mol. The van der Waals surface area contributed by atoms with E-state index >= 15 is 0 Å². The molecule has 0 spiro atoms. The molecule has 7 rings (SSSR count). The van der Waals surface area contributed by atoms with Crippen molar-refractivity contribution in [2.45, 2.75) is 56.9 Å². The summed E-state index contributed by atoms with van der Waals surface area (Å²) in [4.78, 5) is 31.1. The fourth-order valence-corrected chi connectivity index (χ4v) is 7.46. The number of halogens is 2. The largest absolute Gasteiger partial charge is 0.496 e. The lowest BCUT2D eigenvalue weighted by Gasteiger charge is -2.32. The fraction of sp³-hybridized carbons (Fsp3) is 0.205. The molecule has 1 amide bonds. The van der Waals surface area contributed by atoms with E-state index in [1.807, 2.05) is 45.9 Å². The van der Waals surface area contributed by atoms with Crippen molar-refractivity contribution < 1.29 is 31.3 Å². The van der Waals surface area contributed by atoms with Gasteiger partial charge in [0.2, 0.25) is 0 Å². The lowest BCUT2D eigenvalue weighted by atomic mass is 9.79. The van der Waals surface area contributed by atoms with Crippen LogP contribution in [0.3, 0.4) is 0 Å². The Hall–Kier alpha value is -5.44. The summed E-state index contributed by atoms with van der Waals surface area (Å²) in [6, 6.07) is 23.4. The molecule has 270 valence electrons. The molecule has 3 aromatic heterocycles. The van der Waals surface area contributed by atoms with Crippen molar-refractivity contribution in [2.75, 3.05) is 0 Å². The van der Waals surface area contributed by atoms with Crippen LogP contribution in [0.4, 0.5) is 8.78 Å². The molecule has 4 heterocycles. The first-order valence-corrected chi connectivity index (χ1v) is 18.3. The first-order valence-electron chi connectivity index (χ1n) is 16.8. The van der Waals surface area contributed by atoms with E-state index in [-0.39, 0.29) is 29.2 Å². The second-order valence-electron chi connectivity index (χ2n) is 13.9. The van der Waals surface area contributed by atoms with Crippen molar-refractivity contribution in [3.63, 3.8) is 0 Å². The number of carbonyl (C=O) groups excluding carboxylic acids is 1. The van der Waals surface area contributed by atoms with Gasteiger partial charge in [-0.05, 0) is 92.9 Å². The number of amides is 1. The lowest BCUT2D eigenvalue weighted by molar-refractivity contribution is 0.00578. The number of fused-ring (bicyclic) bond motifs is 1. The highest BCUT2D eigenvalue weighted by Crippen LogP contribution is 2.37. The number of aromatic nitrogens is 3. The zero-order chi connectivity index (χ0) is 37.7. The number of carbonyl (C=O) groups is 1. The molecule has 0 bridgehead atoms. The summed E-state index contributed by atoms with van der Waals surface area (Å²) < 4.78 is 70.0. The standard InChI is InChI=1S/C39H35BF2N4O6S/c1-38(2)39(3,4)52-40(51-38)28-20-31-32(24-46(35(31)43-22-28)53(49,50)29-12-6-5-7-13-29)27-11-8-10-25(18-27)21-44-36(47)30-14-9-17-45(37(30)48)23-26-15-16-33(41)34(42)19-26/h5-20,22,24H,21,23H2,1-4H3,(H,44,47). The van der Waals surface area contributed by atoms with E-state index in [9.17, 15) is 26.8 Å². The van der Waals surface area contributed by atoms with Crippen molar-refractivity contribution in [2.24, 2.45) is 0 Å². The van der Waals surface area contributed by atoms with Gasteiger partial charge in [0.05, 0.1) is 22.6 Å². The van der Waals surface area contributed by atoms with Gasteiger partial charge >= 0.3 is 7.12 Å². The van der Waals surface area contributed by atoms with Crippen molar-refractivity contribution in [1.29, 1.82) is 0 Å². The van der Waals surface area contributed by atoms with Crippen LogP contribution in [0.25, 0.3) is 22.2 Å². The van der Waals surface area contributed by atoms with Gasteiger partial charge in [-0.15, -0.1) is 0 Å². The molecule has 0 aliphatic carbocycles.